The van der Waals surface area contributed by atoms with Crippen LogP contribution < -0.4 is 5.32 Å². The van der Waals surface area contributed by atoms with Crippen LogP contribution in [0.1, 0.15) is 6.92 Å². The molecule has 0 aliphatic carbocycles. The van der Waals surface area contributed by atoms with Gasteiger partial charge in [-0.05, 0) is 13.0 Å². The minimum atomic E-state index is -1.17. The van der Waals surface area contributed by atoms with Crippen LogP contribution in [-0.2, 0) is 24.0 Å². The first-order valence-corrected chi connectivity index (χ1v) is 9.73. The molecule has 9 nitrogen and oxygen atoms in total. The number of amides is 2. The van der Waals surface area contributed by atoms with Crippen molar-refractivity contribution in [1.29, 1.82) is 0 Å². The minimum absolute atomic E-state index is 0.0581. The lowest BCUT2D eigenvalue weighted by molar-refractivity contribution is -0.150. The van der Waals surface area contributed by atoms with E-state index in [-0.39, 0.29) is 22.4 Å². The topological polar surface area (TPSA) is 118 Å². The first kappa shape index (κ1) is 18.6. The molecule has 0 aromatic heterocycles. The maximum Gasteiger partial charge on any atom is 0.352 e. The van der Waals surface area contributed by atoms with Gasteiger partial charge < -0.3 is 20.0 Å². The molecule has 0 spiro atoms. The number of carbonyl (C=O) groups excluding carboxylic acids is 2. The standard InChI is InChI=1S/C15H17N3O6S2/c1-7-5-8(15(21)22)18-13(20)11(14(18)26-7)16-12(19)10(17-23-2)9-6-25-4-3-24-9/h5-7,11,14H,3-4H2,1-2H3,(H,16,19)(H,21,22)/t7?,11?,14-/m0/s1. The number of aliphatic carboxylic acids is 1. The van der Waals surface area contributed by atoms with Crippen molar-refractivity contribution in [2.45, 2.75) is 23.6 Å². The Kier molecular flexibility index (Phi) is 5.47. The summed E-state index contributed by atoms with van der Waals surface area (Å²) >= 11 is 2.88. The van der Waals surface area contributed by atoms with Gasteiger partial charge in [0.1, 0.15) is 24.2 Å². The van der Waals surface area contributed by atoms with Crippen LogP contribution in [-0.4, -0.2) is 69.6 Å². The number of rotatable bonds is 5. The summed E-state index contributed by atoms with van der Waals surface area (Å²) in [6.45, 7) is 2.27. The smallest absolute Gasteiger partial charge is 0.352 e. The average molecular weight is 399 g/mol. The Balaban J connectivity index is 1.75. The number of hydrogen-bond donors (Lipinski definition) is 2. The Labute approximate surface area is 157 Å². The van der Waals surface area contributed by atoms with Crippen LogP contribution in [0.25, 0.3) is 0 Å². The zero-order valence-corrected chi connectivity index (χ0v) is 15.6. The molecule has 11 heteroatoms. The maximum atomic E-state index is 12.6. The van der Waals surface area contributed by atoms with Crippen molar-refractivity contribution >= 4 is 47.0 Å². The average Bonchev–Trinajstić information content (AvgIpc) is 2.63. The molecule has 3 aliphatic heterocycles. The summed E-state index contributed by atoms with van der Waals surface area (Å²) in [5, 5.41) is 16.7. The monoisotopic (exact) mass is 399 g/mol. The quantitative estimate of drug-likeness (QED) is 0.386. The van der Waals surface area contributed by atoms with Gasteiger partial charge in [0.25, 0.3) is 11.8 Å². The molecule has 3 aliphatic rings. The molecule has 0 radical (unpaired) electrons. The van der Waals surface area contributed by atoms with Gasteiger partial charge in [-0.2, -0.15) is 0 Å². The van der Waals surface area contributed by atoms with Crippen molar-refractivity contribution < 1.29 is 29.1 Å². The third-order valence-corrected chi connectivity index (χ3v) is 5.95. The highest BCUT2D eigenvalue weighted by Crippen LogP contribution is 2.40. The number of ether oxygens (including phenoxy) is 1. The van der Waals surface area contributed by atoms with Crippen LogP contribution in [0.2, 0.25) is 0 Å². The summed E-state index contributed by atoms with van der Waals surface area (Å²) in [7, 11) is 1.31. The van der Waals surface area contributed by atoms with Crippen molar-refractivity contribution in [2.24, 2.45) is 5.16 Å². The van der Waals surface area contributed by atoms with E-state index in [1.54, 1.807) is 5.41 Å². The lowest BCUT2D eigenvalue weighted by Gasteiger charge is -2.49. The van der Waals surface area contributed by atoms with Crippen LogP contribution in [0.4, 0.5) is 0 Å². The molecule has 0 aromatic rings. The van der Waals surface area contributed by atoms with Gasteiger partial charge in [0.2, 0.25) is 5.71 Å². The summed E-state index contributed by atoms with van der Waals surface area (Å²) in [6, 6.07) is -0.836. The maximum absolute atomic E-state index is 12.6. The molecule has 2 N–H and O–H groups in total. The number of β-lactam (4-membered cyclic amide) rings is 1. The number of carboxylic acids is 1. The van der Waals surface area contributed by atoms with E-state index >= 15 is 0 Å². The van der Waals surface area contributed by atoms with Crippen LogP contribution >= 0.6 is 23.5 Å². The molecule has 3 rings (SSSR count). The Morgan fingerprint density at radius 2 is 2.27 bits per heavy atom. The van der Waals surface area contributed by atoms with E-state index in [0.717, 1.165) is 5.75 Å². The highest BCUT2D eigenvalue weighted by Gasteiger charge is 2.54. The third kappa shape index (κ3) is 3.40. The minimum Gasteiger partial charge on any atom is -0.490 e. The van der Waals surface area contributed by atoms with Crippen LogP contribution in [0.15, 0.2) is 28.1 Å². The van der Waals surface area contributed by atoms with Gasteiger partial charge in [-0.3, -0.25) is 14.5 Å². The van der Waals surface area contributed by atoms with Crippen LogP contribution in [0, 0.1) is 0 Å². The summed E-state index contributed by atoms with van der Waals surface area (Å²) in [5.74, 6) is -1.21. The molecule has 2 unspecified atom stereocenters. The lowest BCUT2D eigenvalue weighted by atomic mass is 10.0. The van der Waals surface area contributed by atoms with Crippen molar-refractivity contribution in [2.75, 3.05) is 19.5 Å². The molecule has 140 valence electrons. The fraction of sp³-hybridized carbons (Fsp3) is 0.467. The fourth-order valence-electron chi connectivity index (χ4n) is 2.72. The van der Waals surface area contributed by atoms with E-state index in [1.807, 2.05) is 6.92 Å². The van der Waals surface area contributed by atoms with E-state index < -0.39 is 29.2 Å². The molecule has 1 fully saturated rings. The lowest BCUT2D eigenvalue weighted by Crippen LogP contribution is -2.71. The van der Waals surface area contributed by atoms with E-state index in [2.05, 4.69) is 10.5 Å². The molecule has 0 bridgehead atoms. The summed E-state index contributed by atoms with van der Waals surface area (Å²) < 4.78 is 5.43. The highest BCUT2D eigenvalue weighted by molar-refractivity contribution is 8.02. The number of thioether (sulfide) groups is 2. The van der Waals surface area contributed by atoms with Crippen LogP contribution in [0.5, 0.6) is 0 Å². The normalized spacial score (nSPS) is 28.1. The van der Waals surface area contributed by atoms with Gasteiger partial charge in [0, 0.05) is 16.4 Å². The number of oxime groups is 1. The number of carbonyl (C=O) groups is 3. The van der Waals surface area contributed by atoms with E-state index in [9.17, 15) is 19.5 Å². The molecule has 0 saturated carbocycles. The Morgan fingerprint density at radius 3 is 2.88 bits per heavy atom. The first-order chi connectivity index (χ1) is 12.4. The molecule has 2 amide bonds. The Bertz CT molecular complexity index is 735. The SMILES string of the molecule is CON=C(C(=O)NC1C(=O)N2C(C(=O)O)=CC(C)S[C@@H]12)C1=CSCCO1. The van der Waals surface area contributed by atoms with Gasteiger partial charge in [-0.25, -0.2) is 4.79 Å². The summed E-state index contributed by atoms with van der Waals surface area (Å²) in [4.78, 5) is 42.2. The number of hydrogen-bond acceptors (Lipinski definition) is 8. The number of nitrogens with one attached hydrogen (secondary N) is 1. The zero-order valence-electron chi connectivity index (χ0n) is 14.0. The Morgan fingerprint density at radius 1 is 1.50 bits per heavy atom. The zero-order chi connectivity index (χ0) is 18.8. The van der Waals surface area contributed by atoms with Gasteiger partial charge in [-0.15, -0.1) is 23.5 Å². The third-order valence-electron chi connectivity index (χ3n) is 3.84. The summed E-state index contributed by atoms with van der Waals surface area (Å²) in [5.41, 5.74) is -0.119. The van der Waals surface area contributed by atoms with Crippen molar-refractivity contribution in [3.63, 3.8) is 0 Å². The second-order valence-electron chi connectivity index (χ2n) is 5.57. The number of fused-ring (bicyclic) bond motifs is 1. The van der Waals surface area contributed by atoms with Gasteiger partial charge in [-0.1, -0.05) is 5.16 Å². The largest absolute Gasteiger partial charge is 0.490 e. The van der Waals surface area contributed by atoms with E-state index in [0.29, 0.717) is 6.61 Å². The highest BCUT2D eigenvalue weighted by atomic mass is 32.2. The van der Waals surface area contributed by atoms with E-state index in [4.69, 9.17) is 9.57 Å². The van der Waals surface area contributed by atoms with Gasteiger partial charge in [0.05, 0.1) is 6.61 Å². The molecule has 0 aromatic carbocycles. The van der Waals surface area contributed by atoms with Crippen LogP contribution in [0.3, 0.4) is 0 Å². The first-order valence-electron chi connectivity index (χ1n) is 7.74. The molecule has 1 saturated heterocycles. The summed E-state index contributed by atoms with van der Waals surface area (Å²) in [6.07, 6.45) is 1.52. The van der Waals surface area contributed by atoms with Gasteiger partial charge >= 0.3 is 5.97 Å². The van der Waals surface area contributed by atoms with Crippen molar-refractivity contribution in [1.82, 2.24) is 10.2 Å². The number of carboxylic acid groups (broad SMARTS) is 1. The molecular weight excluding hydrogens is 382 g/mol. The molecule has 3 heterocycles. The second kappa shape index (κ2) is 7.62. The molecule has 26 heavy (non-hydrogen) atoms. The number of nitrogens with zero attached hydrogens (tertiary/aromatic N) is 2. The van der Waals surface area contributed by atoms with E-state index in [1.165, 1.54) is 41.6 Å². The van der Waals surface area contributed by atoms with Crippen molar-refractivity contribution in [3.8, 4) is 0 Å². The Hall–Kier alpha value is -2.14. The second-order valence-corrected chi connectivity index (χ2v) is 8.05. The molecule has 3 atom stereocenters. The fourth-order valence-corrected chi connectivity index (χ4v) is 4.68. The molecular formula is C15H17N3O6S2. The van der Waals surface area contributed by atoms with Gasteiger partial charge in [0.15, 0.2) is 5.76 Å². The predicted octanol–water partition coefficient (Wildman–Crippen LogP) is 0.351. The predicted molar refractivity (Wildman–Crippen MR) is 96.3 cm³/mol. The van der Waals surface area contributed by atoms with Crippen molar-refractivity contribution in [3.05, 3.63) is 22.9 Å².